The normalized spacial score (nSPS) is 14.9. The van der Waals surface area contributed by atoms with E-state index in [0.29, 0.717) is 22.6 Å². The van der Waals surface area contributed by atoms with Gasteiger partial charge >= 0.3 is 6.18 Å². The van der Waals surface area contributed by atoms with E-state index in [9.17, 15) is 13.2 Å². The van der Waals surface area contributed by atoms with Crippen LogP contribution in [-0.2, 0) is 11.7 Å². The van der Waals surface area contributed by atoms with Crippen molar-refractivity contribution in [2.24, 2.45) is 5.73 Å². The molecule has 0 spiro atoms. The average molecular weight is 536 g/mol. The van der Waals surface area contributed by atoms with Crippen LogP contribution < -0.4 is 5.73 Å². The molecule has 40 heavy (non-hydrogen) atoms. The smallest absolute Gasteiger partial charge is 0.321 e. The van der Waals surface area contributed by atoms with E-state index in [2.05, 4.69) is 40.5 Å². The zero-order valence-electron chi connectivity index (χ0n) is 21.4. The van der Waals surface area contributed by atoms with E-state index in [1.807, 2.05) is 46.9 Å². The summed E-state index contributed by atoms with van der Waals surface area (Å²) in [5, 5.41) is 8.63. The summed E-state index contributed by atoms with van der Waals surface area (Å²) in [5.41, 5.74) is 13.0. The summed E-state index contributed by atoms with van der Waals surface area (Å²) < 4.78 is 41.3. The molecule has 3 aromatic carbocycles. The standard InChI is InChI=1S/C32H24F3N5/c33-32(34,35)24-13-9-22(10-14-24)30-39-38-28-16-15-26-27(40(28)30)19-25(20-5-2-1-3-6-20)29(37-26)21-7-11-23(12-8-21)31(36)17-4-18-31/h1-3,5-16,19H,4,17-18,36H2. The molecule has 3 aromatic heterocycles. The molecular weight excluding hydrogens is 511 g/mol. The van der Waals surface area contributed by atoms with Gasteiger partial charge in [0, 0.05) is 22.2 Å². The summed E-state index contributed by atoms with van der Waals surface area (Å²) in [6.45, 7) is 0. The highest BCUT2D eigenvalue weighted by molar-refractivity contribution is 5.92. The lowest BCUT2D eigenvalue weighted by Crippen LogP contribution is -2.43. The lowest BCUT2D eigenvalue weighted by Gasteiger charge is -2.38. The second kappa shape index (κ2) is 8.99. The molecule has 0 bridgehead atoms. The largest absolute Gasteiger partial charge is 0.416 e. The van der Waals surface area contributed by atoms with Gasteiger partial charge in [-0.25, -0.2) is 4.98 Å². The van der Waals surface area contributed by atoms with Crippen LogP contribution in [0.2, 0.25) is 0 Å². The Morgan fingerprint density at radius 3 is 2.10 bits per heavy atom. The van der Waals surface area contributed by atoms with Gasteiger partial charge in [-0.15, -0.1) is 10.2 Å². The number of hydrogen-bond donors (Lipinski definition) is 1. The van der Waals surface area contributed by atoms with Crippen LogP contribution in [0.3, 0.4) is 0 Å². The molecule has 0 saturated heterocycles. The Morgan fingerprint density at radius 1 is 0.750 bits per heavy atom. The fourth-order valence-corrected chi connectivity index (χ4v) is 5.47. The fraction of sp³-hybridized carbons (Fsp3) is 0.156. The molecule has 0 aliphatic heterocycles. The molecule has 3 heterocycles. The minimum atomic E-state index is -4.41. The van der Waals surface area contributed by atoms with Crippen LogP contribution in [0.15, 0.2) is 97.1 Å². The lowest BCUT2D eigenvalue weighted by molar-refractivity contribution is -0.137. The van der Waals surface area contributed by atoms with Gasteiger partial charge < -0.3 is 5.73 Å². The molecule has 1 saturated carbocycles. The summed E-state index contributed by atoms with van der Waals surface area (Å²) in [5.74, 6) is 0.445. The first-order valence-electron chi connectivity index (χ1n) is 13.1. The third-order valence-electron chi connectivity index (χ3n) is 7.88. The highest BCUT2D eigenvalue weighted by atomic mass is 19.4. The zero-order chi connectivity index (χ0) is 27.5. The van der Waals surface area contributed by atoms with Crippen molar-refractivity contribution in [1.82, 2.24) is 19.6 Å². The van der Waals surface area contributed by atoms with Gasteiger partial charge in [-0.2, -0.15) is 13.2 Å². The molecule has 1 aliphatic carbocycles. The number of hydrogen-bond acceptors (Lipinski definition) is 4. The molecule has 0 atom stereocenters. The minimum Gasteiger partial charge on any atom is -0.321 e. The van der Waals surface area contributed by atoms with Crippen LogP contribution in [-0.4, -0.2) is 19.6 Å². The first-order chi connectivity index (χ1) is 19.3. The molecule has 5 nitrogen and oxygen atoms in total. The van der Waals surface area contributed by atoms with Crippen LogP contribution in [0.4, 0.5) is 13.2 Å². The van der Waals surface area contributed by atoms with E-state index in [4.69, 9.17) is 10.7 Å². The molecule has 0 amide bonds. The lowest BCUT2D eigenvalue weighted by atomic mass is 9.72. The van der Waals surface area contributed by atoms with E-state index in [0.717, 1.165) is 64.9 Å². The third-order valence-corrected chi connectivity index (χ3v) is 7.88. The van der Waals surface area contributed by atoms with Gasteiger partial charge in [-0.1, -0.05) is 66.7 Å². The summed E-state index contributed by atoms with van der Waals surface area (Å²) in [7, 11) is 0. The van der Waals surface area contributed by atoms with Crippen molar-refractivity contribution in [2.45, 2.75) is 31.0 Å². The maximum atomic E-state index is 13.2. The molecule has 0 unspecified atom stereocenters. The van der Waals surface area contributed by atoms with Crippen LogP contribution in [0, 0.1) is 0 Å². The SMILES string of the molecule is NC1(c2ccc(-c3nc4ccc5nnc(-c6ccc(C(F)(F)F)cc6)n5c4cc3-c3ccccc3)cc2)CCC1. The van der Waals surface area contributed by atoms with Gasteiger partial charge in [0.05, 0.1) is 22.3 Å². The topological polar surface area (TPSA) is 69.1 Å². The highest BCUT2D eigenvalue weighted by Crippen LogP contribution is 2.40. The summed E-state index contributed by atoms with van der Waals surface area (Å²) in [6, 6.07) is 29.1. The molecule has 6 aromatic rings. The highest BCUT2D eigenvalue weighted by Gasteiger charge is 2.34. The summed E-state index contributed by atoms with van der Waals surface area (Å²) in [4.78, 5) is 5.10. The van der Waals surface area contributed by atoms with Crippen LogP contribution in [0.5, 0.6) is 0 Å². The number of fused-ring (bicyclic) bond motifs is 3. The molecule has 2 N–H and O–H groups in total. The minimum absolute atomic E-state index is 0.244. The van der Waals surface area contributed by atoms with Gasteiger partial charge in [0.2, 0.25) is 0 Å². The van der Waals surface area contributed by atoms with Gasteiger partial charge in [0.15, 0.2) is 11.5 Å². The number of benzene rings is 3. The first kappa shape index (κ1) is 24.5. The molecule has 198 valence electrons. The Bertz CT molecular complexity index is 1850. The second-order valence-corrected chi connectivity index (χ2v) is 10.4. The van der Waals surface area contributed by atoms with Crippen molar-refractivity contribution in [1.29, 1.82) is 0 Å². The third kappa shape index (κ3) is 4.03. The quantitative estimate of drug-likeness (QED) is 0.252. The van der Waals surface area contributed by atoms with Gasteiger partial charge in [-0.05, 0) is 60.7 Å². The van der Waals surface area contributed by atoms with Crippen molar-refractivity contribution in [3.05, 3.63) is 108 Å². The molecule has 1 fully saturated rings. The van der Waals surface area contributed by atoms with Crippen molar-refractivity contribution in [2.75, 3.05) is 0 Å². The Morgan fingerprint density at radius 2 is 1.45 bits per heavy atom. The molecular formula is C32H24F3N5. The van der Waals surface area contributed by atoms with Gasteiger partial charge in [0.1, 0.15) is 0 Å². The number of nitrogens with zero attached hydrogens (tertiary/aromatic N) is 4. The van der Waals surface area contributed by atoms with E-state index < -0.39 is 11.7 Å². The second-order valence-electron chi connectivity index (χ2n) is 10.4. The van der Waals surface area contributed by atoms with Crippen molar-refractivity contribution in [3.63, 3.8) is 0 Å². The van der Waals surface area contributed by atoms with Crippen molar-refractivity contribution >= 4 is 16.7 Å². The summed E-state index contributed by atoms with van der Waals surface area (Å²) in [6.07, 6.45) is -1.28. The van der Waals surface area contributed by atoms with Crippen molar-refractivity contribution < 1.29 is 13.2 Å². The van der Waals surface area contributed by atoms with E-state index >= 15 is 0 Å². The monoisotopic (exact) mass is 535 g/mol. The molecule has 1 aliphatic rings. The number of pyridine rings is 2. The van der Waals surface area contributed by atoms with Crippen LogP contribution in [0.25, 0.3) is 50.5 Å². The first-order valence-corrected chi connectivity index (χ1v) is 13.1. The zero-order valence-corrected chi connectivity index (χ0v) is 21.4. The van der Waals surface area contributed by atoms with E-state index in [-0.39, 0.29) is 5.54 Å². The average Bonchev–Trinajstić information content (AvgIpc) is 3.40. The number of aromatic nitrogens is 4. The number of nitrogens with two attached hydrogens (primary N) is 1. The maximum absolute atomic E-state index is 13.2. The Kier molecular flexibility index (Phi) is 5.50. The molecule has 8 heteroatoms. The molecule has 7 rings (SSSR count). The van der Waals surface area contributed by atoms with E-state index in [1.54, 1.807) is 0 Å². The van der Waals surface area contributed by atoms with Crippen LogP contribution in [0.1, 0.15) is 30.4 Å². The fourth-order valence-electron chi connectivity index (χ4n) is 5.47. The van der Waals surface area contributed by atoms with E-state index in [1.165, 1.54) is 12.1 Å². The number of halogens is 3. The number of alkyl halides is 3. The predicted molar refractivity (Wildman–Crippen MR) is 149 cm³/mol. The van der Waals surface area contributed by atoms with Gasteiger partial charge in [0.25, 0.3) is 0 Å². The summed E-state index contributed by atoms with van der Waals surface area (Å²) >= 11 is 0. The Labute approximate surface area is 228 Å². The van der Waals surface area contributed by atoms with Crippen molar-refractivity contribution in [3.8, 4) is 33.8 Å². The number of rotatable bonds is 4. The van der Waals surface area contributed by atoms with Gasteiger partial charge in [-0.3, -0.25) is 4.40 Å². The molecule has 0 radical (unpaired) electrons. The maximum Gasteiger partial charge on any atom is 0.416 e. The Balaban J connectivity index is 1.42. The van der Waals surface area contributed by atoms with Crippen LogP contribution >= 0.6 is 0 Å². The predicted octanol–water partition coefficient (Wildman–Crippen LogP) is 7.64. The Hall–Kier alpha value is -4.56.